The molecule has 0 aromatic heterocycles. The molecule has 0 radical (unpaired) electrons. The summed E-state index contributed by atoms with van der Waals surface area (Å²) in [5, 5.41) is 22.1. The van der Waals surface area contributed by atoms with Crippen molar-refractivity contribution in [3.8, 4) is 0 Å². The van der Waals surface area contributed by atoms with Crippen molar-refractivity contribution in [2.24, 2.45) is 5.92 Å². The Balaban J connectivity index is 1.34. The Morgan fingerprint density at radius 1 is 0.800 bits per heavy atom. The van der Waals surface area contributed by atoms with E-state index in [0.29, 0.717) is 5.92 Å². The Kier molecular flexibility index (Phi) is 8.78. The van der Waals surface area contributed by atoms with Crippen LogP contribution in [0.15, 0.2) is 84.9 Å². The monoisotopic (exact) mass is 471 g/mol. The second kappa shape index (κ2) is 12.0. The van der Waals surface area contributed by atoms with Crippen LogP contribution in [0.2, 0.25) is 0 Å². The van der Waals surface area contributed by atoms with E-state index in [1.165, 1.54) is 11.1 Å². The minimum atomic E-state index is -0.960. The first kappa shape index (κ1) is 25.6. The van der Waals surface area contributed by atoms with Crippen molar-refractivity contribution in [2.45, 2.75) is 57.0 Å². The predicted octanol–water partition coefficient (Wildman–Crippen LogP) is 6.31. The molecule has 3 nitrogen and oxygen atoms in total. The van der Waals surface area contributed by atoms with Gasteiger partial charge in [0.2, 0.25) is 0 Å². The third kappa shape index (κ3) is 6.03. The molecule has 0 saturated carbocycles. The van der Waals surface area contributed by atoms with Crippen molar-refractivity contribution >= 4 is 0 Å². The van der Waals surface area contributed by atoms with Crippen molar-refractivity contribution in [2.75, 3.05) is 26.2 Å². The number of piperidine rings is 1. The summed E-state index contributed by atoms with van der Waals surface area (Å²) in [6.45, 7) is 7.66. The Morgan fingerprint density at radius 2 is 1.31 bits per heavy atom. The van der Waals surface area contributed by atoms with Gasteiger partial charge in [-0.25, -0.2) is 0 Å². The molecular formula is C32H41NO2. The van der Waals surface area contributed by atoms with E-state index in [2.05, 4.69) is 67.3 Å². The van der Waals surface area contributed by atoms with E-state index in [9.17, 15) is 10.2 Å². The highest BCUT2D eigenvalue weighted by atomic mass is 16.3. The van der Waals surface area contributed by atoms with Gasteiger partial charge in [0.05, 0.1) is 0 Å². The maximum absolute atomic E-state index is 12.1. The van der Waals surface area contributed by atoms with Gasteiger partial charge in [-0.1, -0.05) is 98.8 Å². The zero-order chi connectivity index (χ0) is 24.7. The molecule has 0 aliphatic carbocycles. The van der Waals surface area contributed by atoms with Gasteiger partial charge in [-0.05, 0) is 79.4 Å². The zero-order valence-electron chi connectivity index (χ0n) is 21.3. The Bertz CT molecular complexity index is 969. The molecule has 1 atom stereocenters. The summed E-state index contributed by atoms with van der Waals surface area (Å²) in [6, 6.07) is 29.1. The predicted molar refractivity (Wildman–Crippen MR) is 145 cm³/mol. The molecule has 4 rings (SSSR count). The van der Waals surface area contributed by atoms with E-state index >= 15 is 0 Å². The summed E-state index contributed by atoms with van der Waals surface area (Å²) in [7, 11) is 0. The Hall–Kier alpha value is -2.46. The molecule has 3 aromatic rings. The maximum Gasteiger partial charge on any atom is 0.117 e. The zero-order valence-corrected chi connectivity index (χ0v) is 21.3. The van der Waals surface area contributed by atoms with Crippen molar-refractivity contribution in [1.29, 1.82) is 0 Å². The van der Waals surface area contributed by atoms with E-state index in [0.717, 1.165) is 56.4 Å². The van der Waals surface area contributed by atoms with Crippen LogP contribution in [0.25, 0.3) is 0 Å². The van der Waals surface area contributed by atoms with E-state index < -0.39 is 5.60 Å². The fraction of sp³-hybridized carbons (Fsp3) is 0.438. The number of benzene rings is 3. The molecule has 1 aliphatic rings. The first-order chi connectivity index (χ1) is 17.0. The van der Waals surface area contributed by atoms with Crippen LogP contribution in [0.5, 0.6) is 0 Å². The molecule has 0 amide bonds. The van der Waals surface area contributed by atoms with Crippen LogP contribution in [0.4, 0.5) is 0 Å². The average molecular weight is 472 g/mol. The molecule has 1 aliphatic heterocycles. The lowest BCUT2D eigenvalue weighted by molar-refractivity contribution is -0.0144. The lowest BCUT2D eigenvalue weighted by atomic mass is 9.72. The standard InChI is InChI=1S/C32H41NO2/c1-25(2)26-15-17-27(18-16-26)28(24-34)10-9-21-33-22-19-31(20-23-33)32(35,29-11-5-3-6-12-29)30-13-7-4-8-14-30/h3-8,11-18,25,28,31,34-35H,9-10,19-24H2,1-2H3. The second-order valence-corrected chi connectivity index (χ2v) is 10.5. The highest BCUT2D eigenvalue weighted by Crippen LogP contribution is 2.42. The molecular weight excluding hydrogens is 430 g/mol. The maximum atomic E-state index is 12.1. The van der Waals surface area contributed by atoms with Gasteiger partial charge in [-0.15, -0.1) is 0 Å². The first-order valence-corrected chi connectivity index (χ1v) is 13.3. The highest BCUT2D eigenvalue weighted by Gasteiger charge is 2.41. The molecule has 186 valence electrons. The smallest absolute Gasteiger partial charge is 0.117 e. The SMILES string of the molecule is CC(C)c1ccc(C(CO)CCCN2CCC(C(O)(c3ccccc3)c3ccccc3)CC2)cc1. The molecule has 1 heterocycles. The fourth-order valence-corrected chi connectivity index (χ4v) is 5.67. The van der Waals surface area contributed by atoms with Crippen LogP contribution in [-0.2, 0) is 5.60 Å². The van der Waals surface area contributed by atoms with Crippen LogP contribution in [0.1, 0.15) is 73.6 Å². The number of aliphatic hydroxyl groups excluding tert-OH is 1. The van der Waals surface area contributed by atoms with Crippen LogP contribution >= 0.6 is 0 Å². The van der Waals surface area contributed by atoms with Crippen LogP contribution in [0, 0.1) is 5.92 Å². The molecule has 1 unspecified atom stereocenters. The third-order valence-electron chi connectivity index (χ3n) is 7.93. The van der Waals surface area contributed by atoms with Gasteiger partial charge in [0.15, 0.2) is 0 Å². The van der Waals surface area contributed by atoms with E-state index in [-0.39, 0.29) is 18.4 Å². The Labute approximate surface area is 211 Å². The van der Waals surface area contributed by atoms with Crippen molar-refractivity contribution in [1.82, 2.24) is 4.90 Å². The van der Waals surface area contributed by atoms with Crippen molar-refractivity contribution < 1.29 is 10.2 Å². The van der Waals surface area contributed by atoms with E-state index in [1.807, 2.05) is 36.4 Å². The summed E-state index contributed by atoms with van der Waals surface area (Å²) in [5.74, 6) is 0.921. The highest BCUT2D eigenvalue weighted by molar-refractivity contribution is 5.37. The van der Waals surface area contributed by atoms with E-state index in [1.54, 1.807) is 0 Å². The van der Waals surface area contributed by atoms with Crippen LogP contribution in [-0.4, -0.2) is 41.4 Å². The molecule has 3 aromatic carbocycles. The number of likely N-dealkylation sites (tertiary alicyclic amines) is 1. The second-order valence-electron chi connectivity index (χ2n) is 10.5. The summed E-state index contributed by atoms with van der Waals surface area (Å²) in [4.78, 5) is 2.53. The third-order valence-corrected chi connectivity index (χ3v) is 7.93. The van der Waals surface area contributed by atoms with E-state index in [4.69, 9.17) is 0 Å². The van der Waals surface area contributed by atoms with Gasteiger partial charge in [-0.2, -0.15) is 0 Å². The topological polar surface area (TPSA) is 43.7 Å². The number of rotatable bonds is 10. The number of nitrogens with zero attached hydrogens (tertiary/aromatic N) is 1. The average Bonchev–Trinajstić information content (AvgIpc) is 2.92. The van der Waals surface area contributed by atoms with Crippen molar-refractivity contribution in [3.05, 3.63) is 107 Å². The molecule has 35 heavy (non-hydrogen) atoms. The van der Waals surface area contributed by atoms with Gasteiger partial charge in [0.1, 0.15) is 5.60 Å². The molecule has 1 saturated heterocycles. The number of aliphatic hydroxyl groups is 2. The summed E-state index contributed by atoms with van der Waals surface area (Å²) in [5.41, 5.74) is 3.60. The normalized spacial score (nSPS) is 16.5. The molecule has 0 bridgehead atoms. The number of hydrogen-bond donors (Lipinski definition) is 2. The lowest BCUT2D eigenvalue weighted by Crippen LogP contribution is -2.44. The number of hydrogen-bond acceptors (Lipinski definition) is 3. The van der Waals surface area contributed by atoms with Gasteiger partial charge in [0.25, 0.3) is 0 Å². The van der Waals surface area contributed by atoms with Crippen molar-refractivity contribution in [3.63, 3.8) is 0 Å². The summed E-state index contributed by atoms with van der Waals surface area (Å²) < 4.78 is 0. The van der Waals surface area contributed by atoms with Crippen LogP contribution in [0.3, 0.4) is 0 Å². The fourth-order valence-electron chi connectivity index (χ4n) is 5.67. The van der Waals surface area contributed by atoms with Gasteiger partial charge in [-0.3, -0.25) is 0 Å². The summed E-state index contributed by atoms with van der Waals surface area (Å²) >= 11 is 0. The quantitative estimate of drug-likeness (QED) is 0.364. The molecule has 0 spiro atoms. The summed E-state index contributed by atoms with van der Waals surface area (Å²) in [6.07, 6.45) is 4.01. The van der Waals surface area contributed by atoms with Gasteiger partial charge >= 0.3 is 0 Å². The lowest BCUT2D eigenvalue weighted by Gasteiger charge is -2.42. The minimum absolute atomic E-state index is 0.188. The molecule has 1 fully saturated rings. The Morgan fingerprint density at radius 3 is 1.80 bits per heavy atom. The molecule has 3 heteroatoms. The van der Waals surface area contributed by atoms with Crippen LogP contribution < -0.4 is 0 Å². The van der Waals surface area contributed by atoms with Gasteiger partial charge in [0, 0.05) is 12.5 Å². The molecule has 2 N–H and O–H groups in total. The minimum Gasteiger partial charge on any atom is -0.396 e. The van der Waals surface area contributed by atoms with Gasteiger partial charge < -0.3 is 15.1 Å². The largest absolute Gasteiger partial charge is 0.396 e. The first-order valence-electron chi connectivity index (χ1n) is 13.3.